The number of rotatable bonds is 4. The van der Waals surface area contributed by atoms with Gasteiger partial charge in [-0.1, -0.05) is 6.07 Å². The average Bonchev–Trinajstić information content (AvgIpc) is 2.68. The molecule has 1 aliphatic heterocycles. The van der Waals surface area contributed by atoms with Gasteiger partial charge in [0.2, 0.25) is 0 Å². The van der Waals surface area contributed by atoms with Crippen molar-refractivity contribution in [1.29, 1.82) is 0 Å². The molecule has 2 rings (SSSR count). The van der Waals surface area contributed by atoms with Gasteiger partial charge in [-0.2, -0.15) is 0 Å². The molecule has 1 aliphatic rings. The number of methoxy groups -OCH3 is 1. The van der Waals surface area contributed by atoms with E-state index in [4.69, 9.17) is 10.5 Å². The van der Waals surface area contributed by atoms with E-state index in [1.165, 1.54) is 12.1 Å². The van der Waals surface area contributed by atoms with Gasteiger partial charge < -0.3 is 15.4 Å². The second-order valence-electron chi connectivity index (χ2n) is 4.07. The highest BCUT2D eigenvalue weighted by molar-refractivity contribution is 5.80. The topological polar surface area (TPSA) is 50.9 Å². The highest BCUT2D eigenvalue weighted by atomic mass is 19.1. The molecule has 0 amide bonds. The lowest BCUT2D eigenvalue weighted by Gasteiger charge is -2.26. The third-order valence-corrected chi connectivity index (χ3v) is 2.95. The van der Waals surface area contributed by atoms with Gasteiger partial charge in [0.05, 0.1) is 19.2 Å². The van der Waals surface area contributed by atoms with Gasteiger partial charge in [0.25, 0.3) is 0 Å². The van der Waals surface area contributed by atoms with Gasteiger partial charge in [0, 0.05) is 25.3 Å². The maximum absolute atomic E-state index is 13.7. The first-order valence-electron chi connectivity index (χ1n) is 5.64. The van der Waals surface area contributed by atoms with Crippen LogP contribution in [-0.4, -0.2) is 37.7 Å². The van der Waals surface area contributed by atoms with E-state index < -0.39 is 11.6 Å². The Kier molecular flexibility index (Phi) is 3.76. The Labute approximate surface area is 104 Å². The summed E-state index contributed by atoms with van der Waals surface area (Å²) in [4.78, 5) is 5.86. The van der Waals surface area contributed by atoms with Crippen LogP contribution in [0.25, 0.3) is 0 Å². The smallest absolute Gasteiger partial charge is 0.192 e. The van der Waals surface area contributed by atoms with Crippen LogP contribution in [0.15, 0.2) is 23.2 Å². The Morgan fingerprint density at radius 2 is 2.28 bits per heavy atom. The first-order valence-corrected chi connectivity index (χ1v) is 5.64. The molecule has 1 heterocycles. The number of hydrogen-bond donors (Lipinski definition) is 1. The summed E-state index contributed by atoms with van der Waals surface area (Å²) in [5, 5.41) is 0. The van der Waals surface area contributed by atoms with Crippen LogP contribution in [0.2, 0.25) is 0 Å². The molecule has 0 spiro atoms. The van der Waals surface area contributed by atoms with Crippen LogP contribution in [0.5, 0.6) is 0 Å². The van der Waals surface area contributed by atoms with Crippen LogP contribution < -0.4 is 5.73 Å². The third kappa shape index (κ3) is 2.43. The summed E-state index contributed by atoms with van der Waals surface area (Å²) in [6, 6.07) is 3.25. The third-order valence-electron chi connectivity index (χ3n) is 2.95. The molecule has 2 N–H and O–H groups in total. The normalized spacial score (nSPS) is 19.2. The highest BCUT2D eigenvalue weighted by Crippen LogP contribution is 2.27. The molecule has 0 radical (unpaired) electrons. The highest BCUT2D eigenvalue weighted by Gasteiger charge is 2.29. The fourth-order valence-electron chi connectivity index (χ4n) is 2.03. The molecule has 98 valence electrons. The zero-order chi connectivity index (χ0) is 13.1. The predicted molar refractivity (Wildman–Crippen MR) is 64.2 cm³/mol. The van der Waals surface area contributed by atoms with E-state index in [0.29, 0.717) is 31.2 Å². The molecule has 4 nitrogen and oxygen atoms in total. The number of hydrogen-bond acceptors (Lipinski definition) is 4. The molecule has 0 bridgehead atoms. The fraction of sp³-hybridized carbons (Fsp3) is 0.417. The number of guanidine groups is 1. The summed E-state index contributed by atoms with van der Waals surface area (Å²) in [6.07, 6.45) is 0. The first-order chi connectivity index (χ1) is 8.63. The quantitative estimate of drug-likeness (QED) is 0.881. The van der Waals surface area contributed by atoms with Gasteiger partial charge in [0.1, 0.15) is 11.6 Å². The Morgan fingerprint density at radius 1 is 1.50 bits per heavy atom. The standard InChI is InChI=1S/C12H15F2N3O/c1-18-5-4-17-11(7-16-12(17)15)9-3-2-8(13)6-10(9)14/h2-3,6,11H,4-5,7H2,1H3,(H2,15,16). The van der Waals surface area contributed by atoms with E-state index in [1.54, 1.807) is 12.0 Å². The number of ether oxygens (including phenoxy) is 1. The van der Waals surface area contributed by atoms with Crippen molar-refractivity contribution < 1.29 is 13.5 Å². The maximum Gasteiger partial charge on any atom is 0.192 e. The summed E-state index contributed by atoms with van der Waals surface area (Å²) < 4.78 is 31.6. The molecule has 1 aromatic carbocycles. The molecule has 0 saturated carbocycles. The SMILES string of the molecule is COCCN1C(N)=NCC1c1ccc(F)cc1F. The van der Waals surface area contributed by atoms with Crippen molar-refractivity contribution in [3.8, 4) is 0 Å². The summed E-state index contributed by atoms with van der Waals surface area (Å²) in [5.74, 6) is -0.806. The minimum atomic E-state index is -0.591. The van der Waals surface area contributed by atoms with E-state index >= 15 is 0 Å². The maximum atomic E-state index is 13.7. The van der Waals surface area contributed by atoms with Crippen LogP contribution in [0.4, 0.5) is 8.78 Å². The average molecular weight is 255 g/mol. The fourth-order valence-corrected chi connectivity index (χ4v) is 2.03. The molecular formula is C12H15F2N3O. The van der Waals surface area contributed by atoms with E-state index in [2.05, 4.69) is 4.99 Å². The van der Waals surface area contributed by atoms with E-state index in [1.807, 2.05) is 0 Å². The molecule has 1 atom stereocenters. The number of benzene rings is 1. The number of halogens is 2. The van der Waals surface area contributed by atoms with Crippen molar-refractivity contribution in [3.05, 3.63) is 35.4 Å². The number of aliphatic imine (C=N–C) groups is 1. The monoisotopic (exact) mass is 255 g/mol. The predicted octanol–water partition coefficient (Wildman–Crippen LogP) is 1.28. The molecule has 1 unspecified atom stereocenters. The molecule has 0 saturated heterocycles. The molecular weight excluding hydrogens is 240 g/mol. The number of nitrogens with two attached hydrogens (primary N) is 1. The summed E-state index contributed by atoms with van der Waals surface area (Å²) in [7, 11) is 1.58. The van der Waals surface area contributed by atoms with Gasteiger partial charge >= 0.3 is 0 Å². The van der Waals surface area contributed by atoms with Crippen LogP contribution in [0.1, 0.15) is 11.6 Å². The van der Waals surface area contributed by atoms with Gasteiger partial charge in [-0.25, -0.2) is 8.78 Å². The number of nitrogens with zero attached hydrogens (tertiary/aromatic N) is 2. The summed E-state index contributed by atoms with van der Waals surface area (Å²) in [6.45, 7) is 1.36. The molecule has 1 aromatic rings. The van der Waals surface area contributed by atoms with Crippen molar-refractivity contribution in [2.75, 3.05) is 26.8 Å². The van der Waals surface area contributed by atoms with Crippen molar-refractivity contribution in [2.45, 2.75) is 6.04 Å². The largest absolute Gasteiger partial charge is 0.383 e. The van der Waals surface area contributed by atoms with Crippen molar-refractivity contribution in [3.63, 3.8) is 0 Å². The minimum absolute atomic E-state index is 0.291. The second-order valence-corrected chi connectivity index (χ2v) is 4.07. The van der Waals surface area contributed by atoms with Crippen LogP contribution >= 0.6 is 0 Å². The molecule has 0 fully saturated rings. The van der Waals surface area contributed by atoms with Crippen molar-refractivity contribution >= 4 is 5.96 Å². The van der Waals surface area contributed by atoms with Crippen molar-refractivity contribution in [2.24, 2.45) is 10.7 Å². The van der Waals surface area contributed by atoms with Gasteiger partial charge in [-0.05, 0) is 6.07 Å². The molecule has 0 aromatic heterocycles. The van der Waals surface area contributed by atoms with Crippen molar-refractivity contribution in [1.82, 2.24) is 4.90 Å². The lowest BCUT2D eigenvalue weighted by molar-refractivity contribution is 0.166. The molecule has 0 aliphatic carbocycles. The summed E-state index contributed by atoms with van der Waals surface area (Å²) >= 11 is 0. The lowest BCUT2D eigenvalue weighted by atomic mass is 10.1. The Morgan fingerprint density at radius 3 is 2.94 bits per heavy atom. The molecule has 6 heteroatoms. The van der Waals surface area contributed by atoms with Crippen LogP contribution in [0.3, 0.4) is 0 Å². The Hall–Kier alpha value is -1.69. The van der Waals surface area contributed by atoms with Gasteiger partial charge in [-0.15, -0.1) is 0 Å². The molecule has 18 heavy (non-hydrogen) atoms. The lowest BCUT2D eigenvalue weighted by Crippen LogP contribution is -2.38. The Bertz CT molecular complexity index is 465. The van der Waals surface area contributed by atoms with E-state index in [0.717, 1.165) is 6.07 Å². The van der Waals surface area contributed by atoms with E-state index in [9.17, 15) is 8.78 Å². The minimum Gasteiger partial charge on any atom is -0.383 e. The zero-order valence-electron chi connectivity index (χ0n) is 10.1. The second kappa shape index (κ2) is 5.30. The van der Waals surface area contributed by atoms with E-state index in [-0.39, 0.29) is 6.04 Å². The van der Waals surface area contributed by atoms with Gasteiger partial charge in [0.15, 0.2) is 5.96 Å². The zero-order valence-corrected chi connectivity index (χ0v) is 10.1. The van der Waals surface area contributed by atoms with Crippen LogP contribution in [0, 0.1) is 11.6 Å². The van der Waals surface area contributed by atoms with Gasteiger partial charge in [-0.3, -0.25) is 4.99 Å². The summed E-state index contributed by atoms with van der Waals surface area (Å²) in [5.41, 5.74) is 6.15. The van der Waals surface area contributed by atoms with Crippen LogP contribution in [-0.2, 0) is 4.74 Å². The first kappa shape index (κ1) is 12.8. The Balaban J connectivity index is 2.21.